The molecule has 26 heavy (non-hydrogen) atoms. The summed E-state index contributed by atoms with van der Waals surface area (Å²) in [6.07, 6.45) is 5.33. The molecule has 0 aliphatic carbocycles. The molecule has 4 rings (SSSR count). The average molecular weight is 369 g/mol. The van der Waals surface area contributed by atoms with Crippen LogP contribution in [-0.2, 0) is 13.6 Å². The smallest absolute Gasteiger partial charge is 0.289 e. The van der Waals surface area contributed by atoms with Crippen molar-refractivity contribution >= 4 is 34.5 Å². The Hall–Kier alpha value is -2.68. The zero-order chi connectivity index (χ0) is 17.9. The third-order valence-electron chi connectivity index (χ3n) is 4.16. The number of carbonyl (C=O) groups is 1. The molecular formula is C17H19N7OS. The first-order valence-electron chi connectivity index (χ1n) is 8.42. The molecule has 1 amide bonds. The van der Waals surface area contributed by atoms with Crippen molar-refractivity contribution in [2.75, 3.05) is 29.5 Å². The Morgan fingerprint density at radius 1 is 1.31 bits per heavy atom. The summed E-state index contributed by atoms with van der Waals surface area (Å²) in [7, 11) is 1.85. The molecule has 1 fully saturated rings. The van der Waals surface area contributed by atoms with Crippen molar-refractivity contribution in [2.24, 2.45) is 7.05 Å². The van der Waals surface area contributed by atoms with Crippen molar-refractivity contribution in [1.82, 2.24) is 30.0 Å². The van der Waals surface area contributed by atoms with Crippen LogP contribution < -0.4 is 10.2 Å². The van der Waals surface area contributed by atoms with Gasteiger partial charge in [0.05, 0.1) is 5.39 Å². The van der Waals surface area contributed by atoms with Gasteiger partial charge < -0.3 is 10.2 Å². The summed E-state index contributed by atoms with van der Waals surface area (Å²) < 4.78 is 1.71. The summed E-state index contributed by atoms with van der Waals surface area (Å²) in [6.45, 7) is 2.19. The zero-order valence-corrected chi connectivity index (χ0v) is 15.2. The van der Waals surface area contributed by atoms with Gasteiger partial charge in [-0.25, -0.2) is 9.97 Å². The molecule has 0 unspecified atom stereocenters. The highest BCUT2D eigenvalue weighted by Crippen LogP contribution is 2.25. The second kappa shape index (κ2) is 7.28. The molecule has 0 atom stereocenters. The second-order valence-corrected chi connectivity index (χ2v) is 7.28. The number of carbonyl (C=O) groups excluding carboxylic acids is 1. The van der Waals surface area contributed by atoms with Crippen molar-refractivity contribution in [2.45, 2.75) is 6.54 Å². The van der Waals surface area contributed by atoms with E-state index in [0.29, 0.717) is 12.2 Å². The van der Waals surface area contributed by atoms with Crippen molar-refractivity contribution < 1.29 is 4.79 Å². The minimum Gasteiger partial charge on any atom is -0.354 e. The summed E-state index contributed by atoms with van der Waals surface area (Å²) >= 11 is 1.93. The predicted molar refractivity (Wildman–Crippen MR) is 101 cm³/mol. The molecule has 1 N–H and O–H groups in total. The van der Waals surface area contributed by atoms with E-state index >= 15 is 0 Å². The minimum absolute atomic E-state index is 0.147. The summed E-state index contributed by atoms with van der Waals surface area (Å²) in [4.78, 5) is 27.8. The van der Waals surface area contributed by atoms with E-state index in [9.17, 15) is 4.79 Å². The van der Waals surface area contributed by atoms with E-state index in [2.05, 4.69) is 30.3 Å². The maximum absolute atomic E-state index is 12.6. The Balaban J connectivity index is 1.63. The molecule has 0 bridgehead atoms. The lowest BCUT2D eigenvalue weighted by Crippen LogP contribution is -2.34. The number of aromatic nitrogens is 5. The molecule has 1 aliphatic rings. The highest BCUT2D eigenvalue weighted by Gasteiger charge is 2.21. The summed E-state index contributed by atoms with van der Waals surface area (Å²) in [5.74, 6) is 2.72. The number of amides is 1. The maximum atomic E-state index is 12.6. The van der Waals surface area contributed by atoms with Crippen LogP contribution in [0.5, 0.6) is 0 Å². The van der Waals surface area contributed by atoms with Crippen LogP contribution in [0.4, 0.5) is 5.82 Å². The fraction of sp³-hybridized carbons (Fsp3) is 0.353. The van der Waals surface area contributed by atoms with Crippen molar-refractivity contribution in [3.05, 3.63) is 42.1 Å². The largest absolute Gasteiger partial charge is 0.354 e. The van der Waals surface area contributed by atoms with Crippen LogP contribution in [-0.4, -0.2) is 55.2 Å². The topological polar surface area (TPSA) is 88.8 Å². The van der Waals surface area contributed by atoms with Gasteiger partial charge in [-0.1, -0.05) is 6.07 Å². The number of rotatable bonds is 4. The lowest BCUT2D eigenvalue weighted by Gasteiger charge is -2.27. The average Bonchev–Trinajstić information content (AvgIpc) is 3.07. The summed E-state index contributed by atoms with van der Waals surface area (Å²) in [5, 5.41) is 8.11. The fourth-order valence-electron chi connectivity index (χ4n) is 2.88. The van der Waals surface area contributed by atoms with Crippen molar-refractivity contribution in [1.29, 1.82) is 0 Å². The quantitative estimate of drug-likeness (QED) is 0.740. The molecule has 9 heteroatoms. The lowest BCUT2D eigenvalue weighted by atomic mass is 10.3. The zero-order valence-electron chi connectivity index (χ0n) is 14.4. The van der Waals surface area contributed by atoms with Gasteiger partial charge in [0.1, 0.15) is 5.82 Å². The molecular weight excluding hydrogens is 350 g/mol. The number of aryl methyl sites for hydroxylation is 1. The number of nitrogens with one attached hydrogen (secondary N) is 1. The lowest BCUT2D eigenvalue weighted by molar-refractivity contribution is 0.0941. The van der Waals surface area contributed by atoms with Gasteiger partial charge in [0, 0.05) is 56.8 Å². The number of nitrogens with zero attached hydrogens (tertiary/aromatic N) is 6. The first-order valence-corrected chi connectivity index (χ1v) is 9.57. The van der Waals surface area contributed by atoms with Crippen LogP contribution >= 0.6 is 11.8 Å². The first kappa shape index (κ1) is 16.8. The third kappa shape index (κ3) is 3.48. The number of thioether (sulfide) groups is 1. The normalized spacial score (nSPS) is 14.6. The van der Waals surface area contributed by atoms with Crippen molar-refractivity contribution in [3.8, 4) is 0 Å². The molecule has 0 radical (unpaired) electrons. The highest BCUT2D eigenvalue weighted by molar-refractivity contribution is 7.99. The van der Waals surface area contributed by atoms with Crippen LogP contribution in [0.3, 0.4) is 0 Å². The van der Waals surface area contributed by atoms with E-state index in [4.69, 9.17) is 0 Å². The molecule has 3 aromatic rings. The second-order valence-electron chi connectivity index (χ2n) is 6.05. The van der Waals surface area contributed by atoms with E-state index in [1.807, 2.05) is 37.1 Å². The number of pyridine rings is 1. The molecule has 1 saturated heterocycles. The number of anilines is 1. The van der Waals surface area contributed by atoms with Gasteiger partial charge in [0.15, 0.2) is 5.65 Å². The number of hydrogen-bond acceptors (Lipinski definition) is 7. The Bertz CT molecular complexity index is 922. The third-order valence-corrected chi connectivity index (χ3v) is 5.11. The molecule has 134 valence electrons. The van der Waals surface area contributed by atoms with Crippen LogP contribution in [0.15, 0.2) is 30.7 Å². The molecule has 0 aromatic carbocycles. The van der Waals surface area contributed by atoms with E-state index in [0.717, 1.165) is 41.4 Å². The van der Waals surface area contributed by atoms with Gasteiger partial charge in [-0.2, -0.15) is 16.9 Å². The molecule has 0 spiro atoms. The standard InChI is InChI=1S/C17H19N7OS/c1-23-11-13-14(22-23)20-15(21-16(13)24-5-7-26-8-6-24)17(25)19-10-12-3-2-4-18-9-12/h2-4,9,11H,5-8,10H2,1H3,(H,19,25). The molecule has 3 aromatic heterocycles. The molecule has 0 saturated carbocycles. The van der Waals surface area contributed by atoms with Gasteiger partial charge in [-0.15, -0.1) is 0 Å². The highest BCUT2D eigenvalue weighted by atomic mass is 32.2. The summed E-state index contributed by atoms with van der Waals surface area (Å²) in [6, 6.07) is 3.75. The molecule has 8 nitrogen and oxygen atoms in total. The van der Waals surface area contributed by atoms with Gasteiger partial charge in [-0.05, 0) is 11.6 Å². The SMILES string of the molecule is Cn1cc2c(N3CCSCC3)nc(C(=O)NCc3cccnc3)nc2n1. The van der Waals surface area contributed by atoms with Crippen LogP contribution in [0, 0.1) is 0 Å². The number of hydrogen-bond donors (Lipinski definition) is 1. The van der Waals surface area contributed by atoms with E-state index in [-0.39, 0.29) is 11.7 Å². The Morgan fingerprint density at radius 3 is 2.92 bits per heavy atom. The molecule has 4 heterocycles. The minimum atomic E-state index is -0.311. The summed E-state index contributed by atoms with van der Waals surface area (Å²) in [5.41, 5.74) is 1.47. The van der Waals surface area contributed by atoms with Crippen molar-refractivity contribution in [3.63, 3.8) is 0 Å². The number of fused-ring (bicyclic) bond motifs is 1. The van der Waals surface area contributed by atoms with E-state index in [1.165, 1.54) is 0 Å². The van der Waals surface area contributed by atoms with Crippen LogP contribution in [0.25, 0.3) is 11.0 Å². The van der Waals surface area contributed by atoms with Gasteiger partial charge >= 0.3 is 0 Å². The maximum Gasteiger partial charge on any atom is 0.289 e. The first-order chi connectivity index (χ1) is 12.7. The molecule has 1 aliphatic heterocycles. The Morgan fingerprint density at radius 2 is 2.15 bits per heavy atom. The monoisotopic (exact) mass is 369 g/mol. The Labute approximate surface area is 155 Å². The van der Waals surface area contributed by atoms with E-state index in [1.54, 1.807) is 17.1 Å². The Kier molecular flexibility index (Phi) is 4.70. The van der Waals surface area contributed by atoms with Gasteiger partial charge in [0.25, 0.3) is 5.91 Å². The van der Waals surface area contributed by atoms with E-state index < -0.39 is 0 Å². The van der Waals surface area contributed by atoms with Crippen LogP contribution in [0.2, 0.25) is 0 Å². The predicted octanol–water partition coefficient (Wildman–Crippen LogP) is 1.24. The van der Waals surface area contributed by atoms with Gasteiger partial charge in [-0.3, -0.25) is 14.5 Å². The fourth-order valence-corrected chi connectivity index (χ4v) is 3.79. The van der Waals surface area contributed by atoms with Gasteiger partial charge in [0.2, 0.25) is 5.82 Å². The van der Waals surface area contributed by atoms with Crippen LogP contribution in [0.1, 0.15) is 16.2 Å².